The molecule has 0 saturated carbocycles. The Morgan fingerprint density at radius 3 is 2.50 bits per heavy atom. The summed E-state index contributed by atoms with van der Waals surface area (Å²) < 4.78 is 37.7. The van der Waals surface area contributed by atoms with Crippen LogP contribution in [0.3, 0.4) is 0 Å². The van der Waals surface area contributed by atoms with Gasteiger partial charge in [-0.3, -0.25) is 4.57 Å². The zero-order valence-corrected chi connectivity index (χ0v) is 16.1. The molecule has 0 aliphatic carbocycles. The molecule has 0 radical (unpaired) electrons. The molecule has 3 rings (SSSR count). The molecule has 0 amide bonds. The lowest BCUT2D eigenvalue weighted by Crippen LogP contribution is -2.15. The van der Waals surface area contributed by atoms with Gasteiger partial charge in [0, 0.05) is 6.20 Å². The topological polar surface area (TPSA) is 73.3 Å². The van der Waals surface area contributed by atoms with Gasteiger partial charge in [-0.2, -0.15) is 0 Å². The van der Waals surface area contributed by atoms with Gasteiger partial charge < -0.3 is 14.4 Å². The van der Waals surface area contributed by atoms with Crippen molar-refractivity contribution in [3.8, 4) is 0 Å². The molecular weight excluding hydrogens is 376 g/mol. The summed E-state index contributed by atoms with van der Waals surface area (Å²) in [5.74, 6) is -1.19. The van der Waals surface area contributed by atoms with E-state index in [4.69, 9.17) is 9.05 Å². The van der Waals surface area contributed by atoms with Crippen molar-refractivity contribution in [3.05, 3.63) is 54.0 Å². The Bertz CT molecular complexity index is 876. The maximum atomic E-state index is 13.4. The molecule has 9 heteroatoms. The van der Waals surface area contributed by atoms with E-state index in [9.17, 15) is 8.96 Å². The number of thiazole rings is 1. The highest BCUT2D eigenvalue weighted by atomic mass is 32.1. The second kappa shape index (κ2) is 8.22. The predicted octanol–water partition coefficient (Wildman–Crippen LogP) is 5.21. The molecule has 26 heavy (non-hydrogen) atoms. The van der Waals surface area contributed by atoms with Crippen molar-refractivity contribution in [3.63, 3.8) is 0 Å². The number of anilines is 1. The number of halogens is 1. The lowest BCUT2D eigenvalue weighted by Gasteiger charge is -2.27. The molecule has 2 aromatic heterocycles. The molecule has 1 aromatic carbocycles. The summed E-state index contributed by atoms with van der Waals surface area (Å²) >= 11 is 1.34. The summed E-state index contributed by atoms with van der Waals surface area (Å²) in [4.78, 5) is 9.49. The molecule has 6 nitrogen and oxygen atoms in total. The Kier molecular flexibility index (Phi) is 5.98. The van der Waals surface area contributed by atoms with Gasteiger partial charge in [-0.15, -0.1) is 0 Å². The van der Waals surface area contributed by atoms with Crippen LogP contribution in [0, 0.1) is 5.82 Å². The van der Waals surface area contributed by atoms with Gasteiger partial charge in [0.25, 0.3) is 0 Å². The number of nitrogens with zero attached hydrogens (tertiary/aromatic N) is 2. The zero-order chi connectivity index (χ0) is 18.6. The standard InChI is InChI=1S/C17H19FN3O3PS/c1-3-23-25(22,24-4-2)15(12-7-9-13(18)10-8-12)21-17-20-14-6-5-11-19-16(14)26-17/h5-11,15H,3-4H2,1-2H3,(H,20,21). The molecule has 1 unspecified atom stereocenters. The Morgan fingerprint density at radius 1 is 1.19 bits per heavy atom. The van der Waals surface area contributed by atoms with E-state index < -0.39 is 13.4 Å². The van der Waals surface area contributed by atoms with Crippen LogP contribution < -0.4 is 5.32 Å². The minimum atomic E-state index is -3.56. The Hall–Kier alpha value is -1.86. The van der Waals surface area contributed by atoms with Gasteiger partial charge in [0.15, 0.2) is 10.9 Å². The first kappa shape index (κ1) is 18.9. The molecule has 2 heterocycles. The second-order valence-corrected chi connectivity index (χ2v) is 8.41. The van der Waals surface area contributed by atoms with Crippen LogP contribution >= 0.6 is 18.9 Å². The van der Waals surface area contributed by atoms with Crippen molar-refractivity contribution in [2.24, 2.45) is 0 Å². The normalized spacial score (nSPS) is 13.0. The quantitative estimate of drug-likeness (QED) is 0.528. The summed E-state index contributed by atoms with van der Waals surface area (Å²) in [6, 6.07) is 9.39. The minimum Gasteiger partial charge on any atom is -0.344 e. The molecule has 0 bridgehead atoms. The van der Waals surface area contributed by atoms with Gasteiger partial charge in [0.2, 0.25) is 0 Å². The smallest absolute Gasteiger partial charge is 0.344 e. The maximum absolute atomic E-state index is 13.4. The molecule has 0 fully saturated rings. The monoisotopic (exact) mass is 395 g/mol. The molecule has 3 aromatic rings. The van der Waals surface area contributed by atoms with E-state index in [1.807, 2.05) is 6.07 Å². The number of aromatic nitrogens is 2. The molecule has 1 atom stereocenters. The largest absolute Gasteiger partial charge is 0.357 e. The van der Waals surface area contributed by atoms with Crippen molar-refractivity contribution < 1.29 is 18.0 Å². The van der Waals surface area contributed by atoms with Crippen molar-refractivity contribution in [2.75, 3.05) is 18.5 Å². The predicted molar refractivity (Wildman–Crippen MR) is 101 cm³/mol. The van der Waals surface area contributed by atoms with Crippen LogP contribution in [0.25, 0.3) is 10.3 Å². The van der Waals surface area contributed by atoms with Crippen LogP contribution in [-0.4, -0.2) is 23.2 Å². The van der Waals surface area contributed by atoms with Crippen LogP contribution in [0.1, 0.15) is 25.2 Å². The molecule has 0 spiro atoms. The third-order valence-corrected chi connectivity index (χ3v) is 6.75. The van der Waals surface area contributed by atoms with E-state index in [2.05, 4.69) is 15.3 Å². The van der Waals surface area contributed by atoms with Crippen LogP contribution in [0.4, 0.5) is 9.52 Å². The molecule has 0 aliphatic heterocycles. The van der Waals surface area contributed by atoms with Crippen molar-refractivity contribution in [1.82, 2.24) is 9.97 Å². The van der Waals surface area contributed by atoms with Gasteiger partial charge in [-0.25, -0.2) is 14.4 Å². The second-order valence-electron chi connectivity index (χ2n) is 5.32. The summed E-state index contributed by atoms with van der Waals surface area (Å²) in [6.45, 7) is 3.93. The van der Waals surface area contributed by atoms with Crippen LogP contribution in [0.5, 0.6) is 0 Å². The lowest BCUT2D eigenvalue weighted by atomic mass is 10.2. The Morgan fingerprint density at radius 2 is 1.88 bits per heavy atom. The maximum Gasteiger partial charge on any atom is 0.357 e. The highest BCUT2D eigenvalue weighted by Gasteiger charge is 2.37. The highest BCUT2D eigenvalue weighted by molar-refractivity contribution is 7.54. The highest BCUT2D eigenvalue weighted by Crippen LogP contribution is 2.61. The number of rotatable bonds is 8. The fraction of sp³-hybridized carbons (Fsp3) is 0.294. The third-order valence-electron chi connectivity index (χ3n) is 3.55. The zero-order valence-electron chi connectivity index (χ0n) is 14.4. The van der Waals surface area contributed by atoms with Gasteiger partial charge in [0.05, 0.1) is 13.2 Å². The van der Waals surface area contributed by atoms with Crippen molar-refractivity contribution in [2.45, 2.75) is 19.6 Å². The van der Waals surface area contributed by atoms with E-state index in [0.29, 0.717) is 10.7 Å². The molecular formula is C17H19FN3O3PS. The Labute approximate surface area is 154 Å². The van der Waals surface area contributed by atoms with Crippen molar-refractivity contribution in [1.29, 1.82) is 0 Å². The SMILES string of the molecule is CCOP(=O)(OCC)C(Nc1nc2cccnc2s1)c1ccc(F)cc1. The van der Waals surface area contributed by atoms with Gasteiger partial charge in [0.1, 0.15) is 16.2 Å². The van der Waals surface area contributed by atoms with E-state index >= 15 is 0 Å². The first-order valence-electron chi connectivity index (χ1n) is 8.18. The number of benzene rings is 1. The minimum absolute atomic E-state index is 0.220. The van der Waals surface area contributed by atoms with E-state index in [1.165, 1.54) is 23.5 Å². The van der Waals surface area contributed by atoms with Crippen LogP contribution in [-0.2, 0) is 13.6 Å². The van der Waals surface area contributed by atoms with E-state index in [1.54, 1.807) is 38.2 Å². The molecule has 138 valence electrons. The summed E-state index contributed by atoms with van der Waals surface area (Å²) in [6.07, 6.45) is 1.69. The first-order chi connectivity index (χ1) is 12.6. The molecule has 1 N–H and O–H groups in total. The van der Waals surface area contributed by atoms with Crippen LogP contribution in [0.2, 0.25) is 0 Å². The van der Waals surface area contributed by atoms with Crippen LogP contribution in [0.15, 0.2) is 42.6 Å². The number of hydrogen-bond acceptors (Lipinski definition) is 7. The average molecular weight is 395 g/mol. The number of nitrogens with one attached hydrogen (secondary N) is 1. The summed E-state index contributed by atoms with van der Waals surface area (Å²) in [5.41, 5.74) is 1.32. The van der Waals surface area contributed by atoms with Gasteiger partial charge >= 0.3 is 7.60 Å². The Balaban J connectivity index is 2.01. The van der Waals surface area contributed by atoms with Gasteiger partial charge in [-0.1, -0.05) is 23.5 Å². The number of hydrogen-bond donors (Lipinski definition) is 1. The number of fused-ring (bicyclic) bond motifs is 1. The third kappa shape index (κ3) is 4.10. The average Bonchev–Trinajstić information content (AvgIpc) is 3.03. The van der Waals surface area contributed by atoms with E-state index in [-0.39, 0.29) is 19.0 Å². The van der Waals surface area contributed by atoms with Gasteiger partial charge in [-0.05, 0) is 43.7 Å². The van der Waals surface area contributed by atoms with E-state index in [0.717, 1.165) is 10.3 Å². The van der Waals surface area contributed by atoms with Crippen molar-refractivity contribution >= 4 is 34.4 Å². The molecule has 0 saturated heterocycles. The fourth-order valence-corrected chi connectivity index (χ4v) is 5.32. The number of pyridine rings is 1. The fourth-order valence-electron chi connectivity index (χ4n) is 2.48. The summed E-state index contributed by atoms with van der Waals surface area (Å²) in [5, 5.41) is 3.68. The summed E-state index contributed by atoms with van der Waals surface area (Å²) in [7, 11) is -3.56. The first-order valence-corrected chi connectivity index (χ1v) is 10.6. The molecule has 0 aliphatic rings. The lowest BCUT2D eigenvalue weighted by molar-refractivity contribution is 0.214.